The number of nitrogens with one attached hydrogen (secondary N) is 3. The van der Waals surface area contributed by atoms with E-state index in [-0.39, 0.29) is 16.8 Å². The summed E-state index contributed by atoms with van der Waals surface area (Å²) in [6.45, 7) is 0. The Morgan fingerprint density at radius 1 is 0.971 bits per heavy atom. The van der Waals surface area contributed by atoms with Crippen LogP contribution in [0.1, 0.15) is 22.3 Å². The average Bonchev–Trinajstić information content (AvgIpc) is 3.46. The van der Waals surface area contributed by atoms with Crippen LogP contribution in [0.5, 0.6) is 0 Å². The Kier molecular flexibility index (Phi) is 3.70. The van der Waals surface area contributed by atoms with Gasteiger partial charge in [-0.15, -0.1) is 0 Å². The lowest BCUT2D eigenvalue weighted by Crippen LogP contribution is -2.44. The van der Waals surface area contributed by atoms with E-state index in [9.17, 15) is 14.0 Å². The van der Waals surface area contributed by atoms with Gasteiger partial charge in [0.1, 0.15) is 17.1 Å². The zero-order chi connectivity index (χ0) is 23.2. The highest BCUT2D eigenvalue weighted by atomic mass is 35.5. The van der Waals surface area contributed by atoms with Gasteiger partial charge in [0.2, 0.25) is 5.91 Å². The van der Waals surface area contributed by atoms with Crippen LogP contribution in [-0.2, 0) is 16.6 Å². The minimum absolute atomic E-state index is 0.105. The molecule has 166 valence electrons. The van der Waals surface area contributed by atoms with Crippen LogP contribution in [0.25, 0.3) is 11.4 Å². The van der Waals surface area contributed by atoms with Crippen molar-refractivity contribution in [3.63, 3.8) is 0 Å². The van der Waals surface area contributed by atoms with Gasteiger partial charge >= 0.3 is 0 Å². The molecule has 1 amide bonds. The van der Waals surface area contributed by atoms with E-state index in [1.165, 1.54) is 10.7 Å². The first-order chi connectivity index (χ1) is 16.5. The number of rotatable bonds is 1. The number of anilines is 2. The minimum atomic E-state index is -1.48. The summed E-state index contributed by atoms with van der Waals surface area (Å²) in [5.74, 6) is -0.580. The summed E-state index contributed by atoms with van der Waals surface area (Å²) in [5.41, 5.74) is 2.83. The second-order valence-corrected chi connectivity index (χ2v) is 9.10. The molecule has 0 radical (unpaired) electrons. The van der Waals surface area contributed by atoms with Crippen LogP contribution in [0.2, 0.25) is 5.02 Å². The molecule has 1 atom stereocenters. The van der Waals surface area contributed by atoms with Crippen molar-refractivity contribution in [2.45, 2.75) is 11.8 Å². The van der Waals surface area contributed by atoms with Crippen molar-refractivity contribution in [2.24, 2.45) is 0 Å². The normalized spacial score (nSPS) is 19.4. The number of hydrogen-bond donors (Lipinski definition) is 3. The molecule has 34 heavy (non-hydrogen) atoms. The van der Waals surface area contributed by atoms with Gasteiger partial charge in [0, 0.05) is 21.8 Å². The lowest BCUT2D eigenvalue weighted by Gasteiger charge is -2.33. The van der Waals surface area contributed by atoms with Crippen LogP contribution in [-0.4, -0.2) is 15.7 Å². The maximum absolute atomic E-state index is 14.9. The highest BCUT2D eigenvalue weighted by Gasteiger charge is 2.59. The van der Waals surface area contributed by atoms with Gasteiger partial charge < -0.3 is 10.6 Å². The number of carbonyl (C=O) groups excluding carboxylic acids is 1. The molecule has 1 aromatic heterocycles. The van der Waals surface area contributed by atoms with Crippen molar-refractivity contribution in [3.8, 4) is 5.69 Å². The maximum atomic E-state index is 14.9. The Morgan fingerprint density at radius 2 is 1.79 bits per heavy atom. The third-order valence-electron chi connectivity index (χ3n) is 6.98. The molecule has 3 aliphatic rings. The lowest BCUT2D eigenvalue weighted by molar-refractivity contribution is -0.118. The van der Waals surface area contributed by atoms with E-state index in [2.05, 4.69) is 15.7 Å². The highest BCUT2D eigenvalue weighted by Crippen LogP contribution is 2.56. The van der Waals surface area contributed by atoms with Crippen molar-refractivity contribution in [1.29, 1.82) is 0 Å². The molecule has 1 spiro atoms. The molecule has 3 aromatic carbocycles. The van der Waals surface area contributed by atoms with Crippen LogP contribution in [0, 0.1) is 5.82 Å². The third-order valence-corrected chi connectivity index (χ3v) is 7.22. The van der Waals surface area contributed by atoms with Crippen molar-refractivity contribution >= 4 is 34.7 Å². The number of amides is 1. The number of aromatic nitrogens is 2. The molecule has 0 bridgehead atoms. The molecule has 1 unspecified atom stereocenters. The second-order valence-electron chi connectivity index (χ2n) is 8.66. The van der Waals surface area contributed by atoms with Gasteiger partial charge in [0.25, 0.3) is 5.56 Å². The van der Waals surface area contributed by atoms with Gasteiger partial charge in [-0.2, -0.15) is 0 Å². The monoisotopic (exact) mass is 470 g/mol. The van der Waals surface area contributed by atoms with E-state index in [4.69, 9.17) is 11.6 Å². The SMILES string of the molecule is O=C1Nc2c(F)cccc2C12C1=C(Nc3[nH]n(-c4ccccc4)c(=O)c32)c2ccc(Cl)cc2C1. The number of carbonyl (C=O) groups is 1. The molecule has 8 heteroatoms. The Bertz CT molecular complexity index is 1650. The molecule has 6 nitrogen and oxygen atoms in total. The number of halogens is 2. The number of para-hydroxylation sites is 2. The topological polar surface area (TPSA) is 78.9 Å². The van der Waals surface area contributed by atoms with Gasteiger partial charge in [-0.25, -0.2) is 9.07 Å². The van der Waals surface area contributed by atoms with Crippen molar-refractivity contribution in [1.82, 2.24) is 9.78 Å². The van der Waals surface area contributed by atoms with Gasteiger partial charge in [-0.3, -0.25) is 14.7 Å². The van der Waals surface area contributed by atoms with E-state index in [1.54, 1.807) is 30.3 Å². The second kappa shape index (κ2) is 6.48. The van der Waals surface area contributed by atoms with E-state index < -0.39 is 17.1 Å². The molecular formula is C26H16ClFN4O2. The lowest BCUT2D eigenvalue weighted by atomic mass is 9.68. The first-order valence-corrected chi connectivity index (χ1v) is 11.2. The zero-order valence-electron chi connectivity index (χ0n) is 17.6. The summed E-state index contributed by atoms with van der Waals surface area (Å²) < 4.78 is 16.3. The van der Waals surface area contributed by atoms with E-state index in [0.29, 0.717) is 34.1 Å². The molecule has 0 fully saturated rings. The Hall–Kier alpha value is -4.10. The van der Waals surface area contributed by atoms with Crippen molar-refractivity contribution in [2.75, 3.05) is 10.6 Å². The molecule has 4 aromatic rings. The molecule has 2 aliphatic heterocycles. The van der Waals surface area contributed by atoms with Gasteiger partial charge in [-0.05, 0) is 47.9 Å². The first-order valence-electron chi connectivity index (χ1n) is 10.8. The van der Waals surface area contributed by atoms with E-state index in [0.717, 1.165) is 16.8 Å². The van der Waals surface area contributed by atoms with Crippen LogP contribution in [0.3, 0.4) is 0 Å². The molecule has 3 N–H and O–H groups in total. The smallest absolute Gasteiger partial charge is 0.278 e. The van der Waals surface area contributed by atoms with Crippen molar-refractivity contribution < 1.29 is 9.18 Å². The van der Waals surface area contributed by atoms with Crippen molar-refractivity contribution in [3.05, 3.63) is 116 Å². The molecule has 0 saturated carbocycles. The van der Waals surface area contributed by atoms with Crippen LogP contribution in [0.4, 0.5) is 15.9 Å². The number of aromatic amines is 1. The Labute approximate surface area is 197 Å². The van der Waals surface area contributed by atoms with Crippen LogP contribution in [0.15, 0.2) is 77.1 Å². The fourth-order valence-electron chi connectivity index (χ4n) is 5.61. The van der Waals surface area contributed by atoms with Gasteiger partial charge in [0.05, 0.1) is 16.9 Å². The highest BCUT2D eigenvalue weighted by molar-refractivity contribution is 6.30. The van der Waals surface area contributed by atoms with E-state index in [1.807, 2.05) is 30.3 Å². The largest absolute Gasteiger partial charge is 0.340 e. The first kappa shape index (κ1) is 19.4. The molecule has 1 aliphatic carbocycles. The van der Waals surface area contributed by atoms with Gasteiger partial charge in [-0.1, -0.05) is 48.0 Å². The third kappa shape index (κ3) is 2.24. The summed E-state index contributed by atoms with van der Waals surface area (Å²) in [7, 11) is 0. The predicted octanol–water partition coefficient (Wildman–Crippen LogP) is 4.59. The van der Waals surface area contributed by atoms with E-state index >= 15 is 0 Å². The molecular weight excluding hydrogens is 455 g/mol. The quantitative estimate of drug-likeness (QED) is 0.381. The fourth-order valence-corrected chi connectivity index (χ4v) is 5.80. The number of H-pyrrole nitrogens is 1. The summed E-state index contributed by atoms with van der Waals surface area (Å²) in [6.07, 6.45) is 0.400. The number of benzene rings is 3. The summed E-state index contributed by atoms with van der Waals surface area (Å²) in [5, 5.41) is 9.83. The standard InChI is InChI=1S/C26H16ClFN4O2/c27-14-9-10-16-13(11-14)12-18-21(16)29-23-20(24(33)32(31-23)15-5-2-1-3-6-15)26(18)17-7-4-8-19(28)22(17)30-25(26)34/h1-11,29,31H,12H2,(H,30,34). The molecule has 7 rings (SSSR count). The fraction of sp³-hybridized carbons (Fsp3) is 0.0769. The molecule has 3 heterocycles. The Balaban J connectivity index is 1.58. The molecule has 0 saturated heterocycles. The Morgan fingerprint density at radius 3 is 2.62 bits per heavy atom. The average molecular weight is 471 g/mol. The summed E-state index contributed by atoms with van der Waals surface area (Å²) in [6, 6.07) is 19.3. The van der Waals surface area contributed by atoms with Crippen LogP contribution >= 0.6 is 11.6 Å². The zero-order valence-corrected chi connectivity index (χ0v) is 18.3. The predicted molar refractivity (Wildman–Crippen MR) is 128 cm³/mol. The number of fused-ring (bicyclic) bond motifs is 7. The minimum Gasteiger partial charge on any atom is -0.340 e. The number of nitrogens with zero attached hydrogens (tertiary/aromatic N) is 1. The summed E-state index contributed by atoms with van der Waals surface area (Å²) in [4.78, 5) is 27.8. The number of hydrogen-bond acceptors (Lipinski definition) is 3. The van der Waals surface area contributed by atoms with Crippen LogP contribution < -0.4 is 16.2 Å². The van der Waals surface area contributed by atoms with Gasteiger partial charge in [0.15, 0.2) is 0 Å². The maximum Gasteiger partial charge on any atom is 0.278 e. The summed E-state index contributed by atoms with van der Waals surface area (Å²) >= 11 is 6.26.